The molecule has 3 aromatic rings. The number of methoxy groups -OCH3 is 1. The van der Waals surface area contributed by atoms with Gasteiger partial charge in [-0.1, -0.05) is 24.3 Å². The summed E-state index contributed by atoms with van der Waals surface area (Å²) < 4.78 is 32.2. The van der Waals surface area contributed by atoms with Crippen LogP contribution in [0.1, 0.15) is 10.4 Å². The van der Waals surface area contributed by atoms with Crippen LogP contribution in [0.5, 0.6) is 5.75 Å². The smallest absolute Gasteiger partial charge is 0.289 e. The predicted octanol–water partition coefficient (Wildman–Crippen LogP) is 3.68. The average molecular weight is 441 g/mol. The Morgan fingerprint density at radius 3 is 2.26 bits per heavy atom. The van der Waals surface area contributed by atoms with Crippen LogP contribution in [0.4, 0.5) is 17.1 Å². The summed E-state index contributed by atoms with van der Waals surface area (Å²) in [5.41, 5.74) is 0.106. The van der Waals surface area contributed by atoms with Gasteiger partial charge in [-0.25, -0.2) is 8.42 Å². The van der Waals surface area contributed by atoms with Crippen LogP contribution in [0.15, 0.2) is 77.7 Å². The van der Waals surface area contributed by atoms with Gasteiger partial charge < -0.3 is 10.1 Å². The Labute approximate surface area is 179 Å². The summed E-state index contributed by atoms with van der Waals surface area (Å²) in [4.78, 5) is 22.9. The maximum atomic E-state index is 13.1. The molecular formula is C21H19N3O6S. The molecule has 1 N–H and O–H groups in total. The second-order valence-electron chi connectivity index (χ2n) is 6.40. The first kappa shape index (κ1) is 21.8. The summed E-state index contributed by atoms with van der Waals surface area (Å²) in [6, 6.07) is 17.8. The Kier molecular flexibility index (Phi) is 6.21. The summed E-state index contributed by atoms with van der Waals surface area (Å²) in [5, 5.41) is 14.0. The van der Waals surface area contributed by atoms with Crippen LogP contribution in [0.2, 0.25) is 0 Å². The summed E-state index contributed by atoms with van der Waals surface area (Å²) in [7, 11) is -1.54. The minimum atomic E-state index is -4.31. The van der Waals surface area contributed by atoms with E-state index in [-0.39, 0.29) is 11.3 Å². The maximum absolute atomic E-state index is 13.1. The highest BCUT2D eigenvalue weighted by Crippen LogP contribution is 2.31. The molecule has 0 aliphatic carbocycles. The lowest BCUT2D eigenvalue weighted by Crippen LogP contribution is -2.29. The van der Waals surface area contributed by atoms with Gasteiger partial charge in [0.25, 0.3) is 21.6 Å². The first-order valence-corrected chi connectivity index (χ1v) is 10.5. The molecule has 160 valence electrons. The van der Waals surface area contributed by atoms with Crippen molar-refractivity contribution in [3.05, 3.63) is 88.5 Å². The van der Waals surface area contributed by atoms with E-state index < -0.39 is 31.4 Å². The van der Waals surface area contributed by atoms with Crippen molar-refractivity contribution in [2.75, 3.05) is 23.8 Å². The van der Waals surface area contributed by atoms with Crippen molar-refractivity contribution in [1.82, 2.24) is 0 Å². The Morgan fingerprint density at radius 2 is 1.61 bits per heavy atom. The van der Waals surface area contributed by atoms with E-state index in [1.807, 2.05) is 0 Å². The quantitative estimate of drug-likeness (QED) is 0.441. The molecule has 0 heterocycles. The van der Waals surface area contributed by atoms with Crippen LogP contribution in [0.25, 0.3) is 0 Å². The molecule has 0 saturated heterocycles. The molecule has 0 aliphatic rings. The van der Waals surface area contributed by atoms with Gasteiger partial charge >= 0.3 is 0 Å². The summed E-state index contributed by atoms with van der Waals surface area (Å²) in [6.07, 6.45) is 0. The number of anilines is 2. The van der Waals surface area contributed by atoms with Crippen LogP contribution in [0.3, 0.4) is 0 Å². The molecule has 0 fully saturated rings. The molecule has 31 heavy (non-hydrogen) atoms. The fraction of sp³-hybridized carbons (Fsp3) is 0.0952. The molecule has 0 saturated carbocycles. The highest BCUT2D eigenvalue weighted by molar-refractivity contribution is 7.93. The Balaban J connectivity index is 1.97. The number of sulfonamides is 1. The number of nitrogens with one attached hydrogen (secondary N) is 1. The molecule has 0 spiro atoms. The van der Waals surface area contributed by atoms with Gasteiger partial charge in [-0.3, -0.25) is 19.2 Å². The van der Waals surface area contributed by atoms with Crippen molar-refractivity contribution in [2.24, 2.45) is 0 Å². The SMILES string of the molecule is COc1ccc(NC(=O)c2ccccc2N(C)S(=O)(=O)c2ccccc2[N+](=O)[O-])cc1. The molecular weight excluding hydrogens is 422 g/mol. The van der Waals surface area contributed by atoms with Crippen molar-refractivity contribution >= 4 is 33.0 Å². The summed E-state index contributed by atoms with van der Waals surface area (Å²) >= 11 is 0. The summed E-state index contributed by atoms with van der Waals surface area (Å²) in [6.45, 7) is 0. The Morgan fingerprint density at radius 1 is 1.00 bits per heavy atom. The van der Waals surface area contributed by atoms with Crippen LogP contribution in [-0.2, 0) is 10.0 Å². The van der Waals surface area contributed by atoms with Crippen LogP contribution < -0.4 is 14.4 Å². The minimum absolute atomic E-state index is 0.0756. The lowest BCUT2D eigenvalue weighted by Gasteiger charge is -2.22. The molecule has 0 unspecified atom stereocenters. The van der Waals surface area contributed by atoms with E-state index in [9.17, 15) is 23.3 Å². The third-order valence-corrected chi connectivity index (χ3v) is 6.36. The maximum Gasteiger partial charge on any atom is 0.289 e. The molecule has 1 amide bonds. The zero-order valence-corrected chi connectivity index (χ0v) is 17.5. The van der Waals surface area contributed by atoms with Crippen LogP contribution in [-0.4, -0.2) is 33.4 Å². The number of rotatable bonds is 7. The zero-order valence-electron chi connectivity index (χ0n) is 16.7. The molecule has 9 nitrogen and oxygen atoms in total. The van der Waals surface area contributed by atoms with Gasteiger partial charge in [0.05, 0.1) is 23.3 Å². The zero-order chi connectivity index (χ0) is 22.6. The van der Waals surface area contributed by atoms with Crippen LogP contribution in [0, 0.1) is 10.1 Å². The second-order valence-corrected chi connectivity index (χ2v) is 8.33. The van der Waals surface area contributed by atoms with E-state index in [1.54, 1.807) is 36.4 Å². The molecule has 0 radical (unpaired) electrons. The third kappa shape index (κ3) is 4.48. The van der Waals surface area contributed by atoms with Crippen LogP contribution >= 0.6 is 0 Å². The number of nitro groups is 1. The highest BCUT2D eigenvalue weighted by Gasteiger charge is 2.31. The van der Waals surface area contributed by atoms with Gasteiger partial charge in [-0.15, -0.1) is 0 Å². The molecule has 0 aliphatic heterocycles. The van der Waals surface area contributed by atoms with Gasteiger partial charge in [-0.2, -0.15) is 0 Å². The normalized spacial score (nSPS) is 10.9. The number of para-hydroxylation sites is 2. The highest BCUT2D eigenvalue weighted by atomic mass is 32.2. The van der Waals surface area contributed by atoms with E-state index in [0.29, 0.717) is 11.4 Å². The van der Waals surface area contributed by atoms with E-state index >= 15 is 0 Å². The Bertz CT molecular complexity index is 1230. The molecule has 0 bridgehead atoms. The van der Waals surface area contributed by atoms with Crippen molar-refractivity contribution < 1.29 is 22.9 Å². The third-order valence-electron chi connectivity index (χ3n) is 4.54. The minimum Gasteiger partial charge on any atom is -0.497 e. The number of amides is 1. The van der Waals surface area contributed by atoms with Gasteiger partial charge in [0, 0.05) is 18.8 Å². The van der Waals surface area contributed by atoms with E-state index in [2.05, 4.69) is 5.32 Å². The molecule has 0 atom stereocenters. The number of nitrogens with zero attached hydrogens (tertiary/aromatic N) is 2. The number of nitro benzene ring substituents is 1. The van der Waals surface area contributed by atoms with E-state index in [1.165, 1.54) is 38.4 Å². The van der Waals surface area contributed by atoms with Crippen molar-refractivity contribution in [3.63, 3.8) is 0 Å². The van der Waals surface area contributed by atoms with E-state index in [4.69, 9.17) is 4.74 Å². The van der Waals surface area contributed by atoms with E-state index in [0.717, 1.165) is 16.4 Å². The fourth-order valence-electron chi connectivity index (χ4n) is 2.92. The number of hydrogen-bond donors (Lipinski definition) is 1. The molecule has 3 rings (SSSR count). The lowest BCUT2D eigenvalue weighted by atomic mass is 10.1. The average Bonchev–Trinajstić information content (AvgIpc) is 2.79. The van der Waals surface area contributed by atoms with Gasteiger partial charge in [0.2, 0.25) is 0 Å². The number of benzene rings is 3. The molecule has 3 aromatic carbocycles. The van der Waals surface area contributed by atoms with Gasteiger partial charge in [0.15, 0.2) is 4.90 Å². The Hall–Kier alpha value is -3.92. The number of carbonyl (C=O) groups excluding carboxylic acids is 1. The first-order valence-electron chi connectivity index (χ1n) is 9.02. The number of ether oxygens (including phenoxy) is 1. The predicted molar refractivity (Wildman–Crippen MR) is 116 cm³/mol. The number of hydrogen-bond acceptors (Lipinski definition) is 6. The van der Waals surface area contributed by atoms with Crippen molar-refractivity contribution in [2.45, 2.75) is 4.90 Å². The topological polar surface area (TPSA) is 119 Å². The number of carbonyl (C=O) groups is 1. The van der Waals surface area contributed by atoms with Crippen molar-refractivity contribution in [1.29, 1.82) is 0 Å². The standard InChI is InChI=1S/C21H19N3O6S/c1-23(31(28,29)20-10-6-5-9-19(20)24(26)27)18-8-4-3-7-17(18)21(25)22-15-11-13-16(30-2)14-12-15/h3-14H,1-2H3,(H,22,25). The lowest BCUT2D eigenvalue weighted by molar-refractivity contribution is -0.387. The fourth-order valence-corrected chi connectivity index (χ4v) is 4.29. The summed E-state index contributed by atoms with van der Waals surface area (Å²) in [5.74, 6) is 0.0825. The monoisotopic (exact) mass is 441 g/mol. The first-order chi connectivity index (χ1) is 14.8. The van der Waals surface area contributed by atoms with Gasteiger partial charge in [-0.05, 0) is 42.5 Å². The van der Waals surface area contributed by atoms with Gasteiger partial charge in [0.1, 0.15) is 5.75 Å². The molecule has 10 heteroatoms. The van der Waals surface area contributed by atoms with Crippen molar-refractivity contribution in [3.8, 4) is 5.75 Å². The second kappa shape index (κ2) is 8.84. The molecule has 0 aromatic heterocycles. The largest absolute Gasteiger partial charge is 0.497 e.